The number of carbonyl (C=O) groups excluding carboxylic acids is 1. The molecule has 0 aromatic heterocycles. The van der Waals surface area contributed by atoms with Gasteiger partial charge in [0.05, 0.1) is 18.8 Å². The molecule has 1 unspecified atom stereocenters. The number of hydrogen-bond acceptors (Lipinski definition) is 4. The molecule has 1 aliphatic rings. The highest BCUT2D eigenvalue weighted by Crippen LogP contribution is 2.38. The van der Waals surface area contributed by atoms with Crippen molar-refractivity contribution >= 4 is 11.6 Å². The highest BCUT2D eigenvalue weighted by Gasteiger charge is 2.38. The fraction of sp³-hybridized carbons (Fsp3) is 0.462. The summed E-state index contributed by atoms with van der Waals surface area (Å²) in [7, 11) is 0. The third-order valence-corrected chi connectivity index (χ3v) is 3.37. The lowest BCUT2D eigenvalue weighted by Gasteiger charge is -2.36. The normalized spacial score (nSPS) is 19.6. The molecule has 1 amide bonds. The van der Waals surface area contributed by atoms with Crippen molar-refractivity contribution in [2.75, 3.05) is 24.7 Å². The Labute approximate surface area is 119 Å². The molecule has 1 fully saturated rings. The smallest absolute Gasteiger partial charge is 0.377 e. The van der Waals surface area contributed by atoms with Crippen LogP contribution in [0.2, 0.25) is 0 Å². The minimum atomic E-state index is -4.54. The molecule has 1 aliphatic heterocycles. The Balaban J connectivity index is 2.48. The van der Waals surface area contributed by atoms with Gasteiger partial charge in [0.2, 0.25) is 5.91 Å². The fourth-order valence-corrected chi connectivity index (χ4v) is 2.32. The number of benzene rings is 1. The maximum atomic E-state index is 13.2. The van der Waals surface area contributed by atoms with Crippen LogP contribution in [-0.4, -0.2) is 31.7 Å². The summed E-state index contributed by atoms with van der Waals surface area (Å²) in [6, 6.07) is 2.93. The predicted molar refractivity (Wildman–Crippen MR) is 70.5 cm³/mol. The fourth-order valence-electron chi connectivity index (χ4n) is 2.32. The predicted octanol–water partition coefficient (Wildman–Crippen LogP) is 0.855. The topological polar surface area (TPSA) is 81.6 Å². The molecule has 2 rings (SSSR count). The van der Waals surface area contributed by atoms with Crippen molar-refractivity contribution in [3.05, 3.63) is 29.3 Å². The Morgan fingerprint density at radius 1 is 1.43 bits per heavy atom. The summed E-state index contributed by atoms with van der Waals surface area (Å²) in [5.41, 5.74) is 10.1. The van der Waals surface area contributed by atoms with Crippen molar-refractivity contribution < 1.29 is 22.7 Å². The molecule has 0 aliphatic carbocycles. The van der Waals surface area contributed by atoms with Gasteiger partial charge in [-0.05, 0) is 17.7 Å². The maximum Gasteiger partial charge on any atom is 0.418 e. The molecule has 1 aromatic rings. The van der Waals surface area contributed by atoms with Crippen molar-refractivity contribution in [1.82, 2.24) is 0 Å². The lowest BCUT2D eigenvalue weighted by Crippen LogP contribution is -2.53. The lowest BCUT2D eigenvalue weighted by molar-refractivity contribution is -0.137. The number of rotatable bonds is 3. The summed E-state index contributed by atoms with van der Waals surface area (Å²) >= 11 is 0. The van der Waals surface area contributed by atoms with Crippen LogP contribution in [0.1, 0.15) is 11.1 Å². The van der Waals surface area contributed by atoms with E-state index in [-0.39, 0.29) is 32.0 Å². The SMILES string of the molecule is NCc1ccc(N2CCOCC2C(N)=O)c(C(F)(F)F)c1. The van der Waals surface area contributed by atoms with Crippen LogP contribution in [-0.2, 0) is 22.3 Å². The van der Waals surface area contributed by atoms with Crippen LogP contribution in [0, 0.1) is 0 Å². The highest BCUT2D eigenvalue weighted by molar-refractivity contribution is 5.84. The van der Waals surface area contributed by atoms with Crippen LogP contribution in [0.4, 0.5) is 18.9 Å². The van der Waals surface area contributed by atoms with E-state index in [0.717, 1.165) is 6.07 Å². The molecule has 1 heterocycles. The average molecular weight is 303 g/mol. The van der Waals surface area contributed by atoms with Gasteiger partial charge in [-0.3, -0.25) is 4.79 Å². The number of anilines is 1. The Kier molecular flexibility index (Phi) is 4.38. The van der Waals surface area contributed by atoms with E-state index >= 15 is 0 Å². The van der Waals surface area contributed by atoms with Crippen LogP contribution in [0.15, 0.2) is 18.2 Å². The molecule has 116 valence electrons. The van der Waals surface area contributed by atoms with Gasteiger partial charge in [0.1, 0.15) is 6.04 Å². The van der Waals surface area contributed by atoms with Crippen LogP contribution < -0.4 is 16.4 Å². The minimum Gasteiger partial charge on any atom is -0.377 e. The first kappa shape index (κ1) is 15.6. The number of carbonyl (C=O) groups is 1. The monoisotopic (exact) mass is 303 g/mol. The van der Waals surface area contributed by atoms with E-state index in [0.29, 0.717) is 5.56 Å². The standard InChI is InChI=1S/C13H16F3N3O2/c14-13(15,16)9-5-8(6-17)1-2-10(9)19-3-4-21-7-11(19)12(18)20/h1-2,5,11H,3-4,6-7,17H2,(H2,18,20). The number of ether oxygens (including phenoxy) is 1. The molecular weight excluding hydrogens is 287 g/mol. The van der Waals surface area contributed by atoms with E-state index in [9.17, 15) is 18.0 Å². The van der Waals surface area contributed by atoms with E-state index in [1.54, 1.807) is 0 Å². The molecular formula is C13H16F3N3O2. The number of alkyl halides is 3. The van der Waals surface area contributed by atoms with Crippen molar-refractivity contribution in [3.63, 3.8) is 0 Å². The molecule has 0 radical (unpaired) electrons. The van der Waals surface area contributed by atoms with E-state index in [1.165, 1.54) is 17.0 Å². The summed E-state index contributed by atoms with van der Waals surface area (Å²) in [6.07, 6.45) is -4.54. The molecule has 1 saturated heterocycles. The molecule has 21 heavy (non-hydrogen) atoms. The van der Waals surface area contributed by atoms with Gasteiger partial charge in [-0.1, -0.05) is 6.07 Å². The summed E-state index contributed by atoms with van der Waals surface area (Å²) in [6.45, 7) is 0.384. The van der Waals surface area contributed by atoms with Crippen LogP contribution in [0.25, 0.3) is 0 Å². The third kappa shape index (κ3) is 3.27. The van der Waals surface area contributed by atoms with Crippen molar-refractivity contribution in [2.45, 2.75) is 18.8 Å². The average Bonchev–Trinajstić information content (AvgIpc) is 2.45. The van der Waals surface area contributed by atoms with Gasteiger partial charge in [-0.2, -0.15) is 13.2 Å². The number of nitrogens with two attached hydrogens (primary N) is 2. The Morgan fingerprint density at radius 3 is 2.71 bits per heavy atom. The largest absolute Gasteiger partial charge is 0.418 e. The summed E-state index contributed by atoms with van der Waals surface area (Å²) in [4.78, 5) is 12.8. The minimum absolute atomic E-state index is 0.00567. The molecule has 1 atom stereocenters. The maximum absolute atomic E-state index is 13.2. The molecule has 5 nitrogen and oxygen atoms in total. The molecule has 0 spiro atoms. The zero-order chi connectivity index (χ0) is 15.6. The number of primary amides is 1. The molecule has 1 aromatic carbocycles. The first-order chi connectivity index (χ1) is 9.84. The Morgan fingerprint density at radius 2 is 2.14 bits per heavy atom. The molecule has 0 bridgehead atoms. The van der Waals surface area contributed by atoms with Crippen molar-refractivity contribution in [1.29, 1.82) is 0 Å². The van der Waals surface area contributed by atoms with Gasteiger partial charge in [0.25, 0.3) is 0 Å². The molecule has 0 saturated carbocycles. The van der Waals surface area contributed by atoms with Crippen molar-refractivity contribution in [3.8, 4) is 0 Å². The first-order valence-electron chi connectivity index (χ1n) is 6.38. The lowest BCUT2D eigenvalue weighted by atomic mass is 10.0. The van der Waals surface area contributed by atoms with E-state index in [4.69, 9.17) is 16.2 Å². The first-order valence-corrected chi connectivity index (χ1v) is 6.38. The quantitative estimate of drug-likeness (QED) is 0.867. The van der Waals surface area contributed by atoms with Gasteiger partial charge in [0.15, 0.2) is 0 Å². The van der Waals surface area contributed by atoms with Crippen LogP contribution in [0.5, 0.6) is 0 Å². The summed E-state index contributed by atoms with van der Waals surface area (Å²) < 4.78 is 44.8. The Bertz CT molecular complexity index is 534. The second-order valence-corrected chi connectivity index (χ2v) is 4.74. The highest BCUT2D eigenvalue weighted by atomic mass is 19.4. The third-order valence-electron chi connectivity index (χ3n) is 3.37. The molecule has 4 N–H and O–H groups in total. The number of halogens is 3. The second-order valence-electron chi connectivity index (χ2n) is 4.74. The van der Waals surface area contributed by atoms with Gasteiger partial charge in [0, 0.05) is 18.8 Å². The van der Waals surface area contributed by atoms with E-state index < -0.39 is 23.7 Å². The van der Waals surface area contributed by atoms with E-state index in [2.05, 4.69) is 0 Å². The summed E-state index contributed by atoms with van der Waals surface area (Å²) in [5.74, 6) is -0.717. The zero-order valence-electron chi connectivity index (χ0n) is 11.2. The second kappa shape index (κ2) is 5.90. The number of hydrogen-bond donors (Lipinski definition) is 2. The Hall–Kier alpha value is -1.80. The van der Waals surface area contributed by atoms with Crippen LogP contribution >= 0.6 is 0 Å². The number of amides is 1. The van der Waals surface area contributed by atoms with Gasteiger partial charge >= 0.3 is 6.18 Å². The number of nitrogens with zero attached hydrogens (tertiary/aromatic N) is 1. The van der Waals surface area contributed by atoms with Gasteiger partial charge in [-0.25, -0.2) is 0 Å². The molecule has 8 heteroatoms. The van der Waals surface area contributed by atoms with Gasteiger partial charge < -0.3 is 21.1 Å². The van der Waals surface area contributed by atoms with Gasteiger partial charge in [-0.15, -0.1) is 0 Å². The van der Waals surface area contributed by atoms with E-state index in [1.807, 2.05) is 0 Å². The van der Waals surface area contributed by atoms with Crippen LogP contribution in [0.3, 0.4) is 0 Å². The van der Waals surface area contributed by atoms with Crippen molar-refractivity contribution in [2.24, 2.45) is 11.5 Å². The zero-order valence-corrected chi connectivity index (χ0v) is 11.2. The number of morpholine rings is 1. The summed E-state index contributed by atoms with van der Waals surface area (Å²) in [5, 5.41) is 0.